The van der Waals surface area contributed by atoms with E-state index < -0.39 is 12.1 Å². The Morgan fingerprint density at radius 3 is 0.780 bits per heavy atom. The van der Waals surface area contributed by atoms with Crippen LogP contribution in [-0.2, 0) is 14.3 Å². The lowest BCUT2D eigenvalue weighted by molar-refractivity contribution is -0.143. The summed E-state index contributed by atoms with van der Waals surface area (Å²) >= 11 is 0. The second-order valence-electron chi connectivity index (χ2n) is 29.2. The van der Waals surface area contributed by atoms with Gasteiger partial charge in [-0.05, 0) is 77.0 Å². The van der Waals surface area contributed by atoms with Crippen LogP contribution in [0.4, 0.5) is 0 Å². The van der Waals surface area contributed by atoms with E-state index in [0.717, 1.165) is 44.9 Å². The molecule has 6 heteroatoms. The van der Waals surface area contributed by atoms with Gasteiger partial charge in [0.05, 0.1) is 25.4 Å². The van der Waals surface area contributed by atoms with Crippen molar-refractivity contribution in [3.8, 4) is 0 Å². The van der Waals surface area contributed by atoms with E-state index in [9.17, 15) is 19.8 Å². The van der Waals surface area contributed by atoms with Crippen molar-refractivity contribution in [3.63, 3.8) is 0 Å². The first kappa shape index (κ1) is 89.3. The standard InChI is InChI=1S/C85H165NO5/c1-3-5-7-9-11-13-15-17-19-20-21-43-46-50-53-57-61-65-69-73-77-83(88)82(81-87)86-84(89)78-74-70-66-62-58-54-51-47-44-41-39-37-35-33-31-29-27-25-23-22-24-26-28-30-32-34-36-38-40-42-45-48-52-56-60-64-68-72-76-80-91-85(90)79-75-71-67-63-59-55-49-18-16-14-12-10-8-6-4-2/h18,22-23,49,82-83,87-88H,3-17,19-21,24-48,50-81H2,1-2H3,(H,86,89)/b23-22-,49-18-. The van der Waals surface area contributed by atoms with Gasteiger partial charge in [0.1, 0.15) is 0 Å². The van der Waals surface area contributed by atoms with Crippen molar-refractivity contribution in [1.82, 2.24) is 5.32 Å². The molecule has 540 valence electrons. The number of aliphatic hydroxyl groups is 2. The lowest BCUT2D eigenvalue weighted by Gasteiger charge is -2.22. The molecule has 0 aliphatic heterocycles. The van der Waals surface area contributed by atoms with E-state index in [2.05, 4.69) is 43.5 Å². The van der Waals surface area contributed by atoms with Crippen LogP contribution >= 0.6 is 0 Å². The van der Waals surface area contributed by atoms with Crippen molar-refractivity contribution < 1.29 is 24.5 Å². The summed E-state index contributed by atoms with van der Waals surface area (Å²) in [5.41, 5.74) is 0. The molecule has 0 saturated carbocycles. The normalized spacial score (nSPS) is 12.5. The molecule has 0 aliphatic rings. The summed E-state index contributed by atoms with van der Waals surface area (Å²) in [7, 11) is 0. The number of hydrogen-bond acceptors (Lipinski definition) is 5. The number of carbonyl (C=O) groups is 2. The molecule has 0 aromatic carbocycles. The topological polar surface area (TPSA) is 95.9 Å². The smallest absolute Gasteiger partial charge is 0.305 e. The van der Waals surface area contributed by atoms with Gasteiger partial charge in [-0.25, -0.2) is 0 Å². The fraction of sp³-hybridized carbons (Fsp3) is 0.929. The maximum atomic E-state index is 12.6. The lowest BCUT2D eigenvalue weighted by atomic mass is 10.0. The Morgan fingerprint density at radius 1 is 0.297 bits per heavy atom. The third-order valence-corrected chi connectivity index (χ3v) is 20.0. The molecule has 3 N–H and O–H groups in total. The molecule has 0 rings (SSSR count). The SMILES string of the molecule is CCCCCCCC/C=C\CCCCCCCC(=O)OCCCCCCCCCCCCCCCCCCCC/C=C\CCCCCCCCCCCCCCCCCCCC(=O)NC(CO)C(O)CCCCCCCCCCCCCCCCCCCCCC. The fourth-order valence-corrected chi connectivity index (χ4v) is 13.6. The number of rotatable bonds is 80. The van der Waals surface area contributed by atoms with Gasteiger partial charge < -0.3 is 20.3 Å². The largest absolute Gasteiger partial charge is 0.466 e. The molecule has 0 spiro atoms. The van der Waals surface area contributed by atoms with Gasteiger partial charge in [-0.2, -0.15) is 0 Å². The Balaban J connectivity index is 3.32. The van der Waals surface area contributed by atoms with Gasteiger partial charge in [0, 0.05) is 12.8 Å². The van der Waals surface area contributed by atoms with E-state index in [-0.39, 0.29) is 18.5 Å². The van der Waals surface area contributed by atoms with Crippen LogP contribution in [0, 0.1) is 0 Å². The van der Waals surface area contributed by atoms with E-state index in [1.54, 1.807) is 0 Å². The number of amides is 1. The first-order chi connectivity index (χ1) is 45.0. The molecule has 0 aliphatic carbocycles. The minimum Gasteiger partial charge on any atom is -0.466 e. The average molecular weight is 1280 g/mol. The molecule has 2 atom stereocenters. The molecule has 0 fully saturated rings. The van der Waals surface area contributed by atoms with Crippen LogP contribution in [-0.4, -0.2) is 47.4 Å². The molecule has 0 saturated heterocycles. The maximum absolute atomic E-state index is 12.6. The minimum absolute atomic E-state index is 0.0155. The summed E-state index contributed by atoms with van der Waals surface area (Å²) in [6.07, 6.45) is 104. The summed E-state index contributed by atoms with van der Waals surface area (Å²) in [5, 5.41) is 23.5. The summed E-state index contributed by atoms with van der Waals surface area (Å²) in [6.45, 7) is 5.00. The van der Waals surface area contributed by atoms with Crippen LogP contribution < -0.4 is 5.32 Å². The van der Waals surface area contributed by atoms with E-state index in [1.807, 2.05) is 0 Å². The Bertz CT molecular complexity index is 1430. The van der Waals surface area contributed by atoms with Crippen LogP contribution in [0.1, 0.15) is 483 Å². The maximum Gasteiger partial charge on any atom is 0.305 e. The van der Waals surface area contributed by atoms with Crippen molar-refractivity contribution in [1.29, 1.82) is 0 Å². The second kappa shape index (κ2) is 80.8. The highest BCUT2D eigenvalue weighted by Gasteiger charge is 2.20. The third-order valence-electron chi connectivity index (χ3n) is 20.0. The second-order valence-corrected chi connectivity index (χ2v) is 29.2. The molecular formula is C85H165NO5. The first-order valence-corrected chi connectivity index (χ1v) is 42.1. The van der Waals surface area contributed by atoms with Gasteiger partial charge in [-0.15, -0.1) is 0 Å². The van der Waals surface area contributed by atoms with Gasteiger partial charge in [0.15, 0.2) is 0 Å². The molecule has 91 heavy (non-hydrogen) atoms. The quantitative estimate of drug-likeness (QED) is 0.0320. The number of nitrogens with one attached hydrogen (secondary N) is 1. The molecule has 0 bridgehead atoms. The minimum atomic E-state index is -0.662. The number of aliphatic hydroxyl groups excluding tert-OH is 2. The van der Waals surface area contributed by atoms with Crippen LogP contribution in [0.15, 0.2) is 24.3 Å². The predicted octanol–water partition coefficient (Wildman–Crippen LogP) is 28.0. The van der Waals surface area contributed by atoms with Gasteiger partial charge in [0.25, 0.3) is 0 Å². The molecular weight excluding hydrogens is 1110 g/mol. The highest BCUT2D eigenvalue weighted by Crippen LogP contribution is 2.20. The Kier molecular flexibility index (Phi) is 79.3. The van der Waals surface area contributed by atoms with E-state index in [4.69, 9.17) is 4.74 Å². The number of hydrogen-bond donors (Lipinski definition) is 3. The highest BCUT2D eigenvalue weighted by atomic mass is 16.5. The third kappa shape index (κ3) is 77.2. The molecule has 0 heterocycles. The summed E-state index contributed by atoms with van der Waals surface area (Å²) in [5.74, 6) is -0.00968. The van der Waals surface area contributed by atoms with Crippen molar-refractivity contribution in [3.05, 3.63) is 24.3 Å². The van der Waals surface area contributed by atoms with Crippen molar-refractivity contribution in [2.75, 3.05) is 13.2 Å². The molecule has 1 amide bonds. The highest BCUT2D eigenvalue weighted by molar-refractivity contribution is 5.76. The molecule has 0 radical (unpaired) electrons. The van der Waals surface area contributed by atoms with Crippen molar-refractivity contribution >= 4 is 11.9 Å². The Morgan fingerprint density at radius 2 is 0.516 bits per heavy atom. The molecule has 0 aromatic heterocycles. The fourth-order valence-electron chi connectivity index (χ4n) is 13.6. The number of ether oxygens (including phenoxy) is 1. The number of allylic oxidation sites excluding steroid dienone is 4. The van der Waals surface area contributed by atoms with Gasteiger partial charge in [0.2, 0.25) is 5.91 Å². The number of carbonyl (C=O) groups excluding carboxylic acids is 2. The average Bonchev–Trinajstić information content (AvgIpc) is 3.74. The summed E-state index contributed by atoms with van der Waals surface area (Å²) < 4.78 is 5.50. The van der Waals surface area contributed by atoms with Gasteiger partial charge >= 0.3 is 5.97 Å². The first-order valence-electron chi connectivity index (χ1n) is 42.1. The summed E-state index contributed by atoms with van der Waals surface area (Å²) in [6, 6.07) is -0.539. The molecule has 2 unspecified atom stereocenters. The van der Waals surface area contributed by atoms with Crippen molar-refractivity contribution in [2.45, 2.75) is 495 Å². The van der Waals surface area contributed by atoms with E-state index in [1.165, 1.54) is 405 Å². The number of esters is 1. The monoisotopic (exact) mass is 1280 g/mol. The van der Waals surface area contributed by atoms with Crippen LogP contribution in [0.2, 0.25) is 0 Å². The zero-order chi connectivity index (χ0) is 65.6. The predicted molar refractivity (Wildman–Crippen MR) is 403 cm³/mol. The molecule has 0 aromatic rings. The van der Waals surface area contributed by atoms with Crippen LogP contribution in [0.25, 0.3) is 0 Å². The van der Waals surface area contributed by atoms with Gasteiger partial charge in [-0.3, -0.25) is 9.59 Å². The lowest BCUT2D eigenvalue weighted by Crippen LogP contribution is -2.45. The van der Waals surface area contributed by atoms with Crippen LogP contribution in [0.3, 0.4) is 0 Å². The van der Waals surface area contributed by atoms with Crippen molar-refractivity contribution in [2.24, 2.45) is 0 Å². The Labute approximate surface area is 571 Å². The summed E-state index contributed by atoms with van der Waals surface area (Å²) in [4.78, 5) is 24.7. The van der Waals surface area contributed by atoms with Crippen LogP contribution in [0.5, 0.6) is 0 Å². The van der Waals surface area contributed by atoms with Gasteiger partial charge in [-0.1, -0.05) is 417 Å². The van der Waals surface area contributed by atoms with E-state index in [0.29, 0.717) is 25.9 Å². The Hall–Kier alpha value is -1.66. The zero-order valence-electron chi connectivity index (χ0n) is 62.1. The van der Waals surface area contributed by atoms with E-state index >= 15 is 0 Å². The molecule has 6 nitrogen and oxygen atoms in total. The zero-order valence-corrected chi connectivity index (χ0v) is 62.1. The number of unbranched alkanes of at least 4 members (excludes halogenated alkanes) is 65.